The van der Waals surface area contributed by atoms with Crippen molar-refractivity contribution >= 4 is 6.47 Å². The molecule has 1 aromatic carbocycles. The fraction of sp³-hybridized carbons (Fsp3) is 0.364. The van der Waals surface area contributed by atoms with Gasteiger partial charge in [0.15, 0.2) is 11.5 Å². The van der Waals surface area contributed by atoms with Gasteiger partial charge in [-0.25, -0.2) is 4.79 Å². The van der Waals surface area contributed by atoms with E-state index in [1.165, 1.54) is 27.8 Å². The largest absolute Gasteiger partial charge is 0.496 e. The van der Waals surface area contributed by atoms with Crippen LogP contribution in [0, 0.1) is 0 Å². The molecule has 0 N–H and O–H groups in total. The SMILES string of the molecule is COc1ccc(OC)c(OC)c1CO[C]=O. The average molecular weight is 225 g/mol. The van der Waals surface area contributed by atoms with Gasteiger partial charge in [0.1, 0.15) is 12.4 Å². The van der Waals surface area contributed by atoms with Gasteiger partial charge in [-0.2, -0.15) is 0 Å². The van der Waals surface area contributed by atoms with Crippen molar-refractivity contribution in [2.24, 2.45) is 0 Å². The highest BCUT2D eigenvalue weighted by molar-refractivity contribution is 5.54. The summed E-state index contributed by atoms with van der Waals surface area (Å²) in [5.74, 6) is 1.60. The van der Waals surface area contributed by atoms with Crippen LogP contribution >= 0.6 is 0 Å². The van der Waals surface area contributed by atoms with Crippen molar-refractivity contribution in [2.45, 2.75) is 6.61 Å². The first-order chi connectivity index (χ1) is 7.78. The van der Waals surface area contributed by atoms with Crippen molar-refractivity contribution in [2.75, 3.05) is 21.3 Å². The third-order valence-corrected chi connectivity index (χ3v) is 2.10. The van der Waals surface area contributed by atoms with Crippen molar-refractivity contribution in [3.05, 3.63) is 17.7 Å². The summed E-state index contributed by atoms with van der Waals surface area (Å²) in [6, 6.07) is 3.43. The zero-order valence-corrected chi connectivity index (χ0v) is 9.40. The molecule has 0 saturated carbocycles. The molecule has 0 bridgehead atoms. The Morgan fingerprint density at radius 2 is 1.69 bits per heavy atom. The van der Waals surface area contributed by atoms with Crippen LogP contribution in [0.15, 0.2) is 12.1 Å². The van der Waals surface area contributed by atoms with Crippen LogP contribution in [0.1, 0.15) is 5.56 Å². The Balaban J connectivity index is 3.19. The molecule has 5 heteroatoms. The molecule has 1 aromatic rings. The van der Waals surface area contributed by atoms with E-state index in [1.807, 2.05) is 0 Å². The summed E-state index contributed by atoms with van der Waals surface area (Å²) in [5, 5.41) is 0. The Morgan fingerprint density at radius 3 is 2.19 bits per heavy atom. The molecule has 87 valence electrons. The van der Waals surface area contributed by atoms with Crippen molar-refractivity contribution in [3.63, 3.8) is 0 Å². The summed E-state index contributed by atoms with van der Waals surface area (Å²) in [7, 11) is 4.56. The van der Waals surface area contributed by atoms with Gasteiger partial charge in [0.25, 0.3) is 0 Å². The van der Waals surface area contributed by atoms with E-state index < -0.39 is 0 Å². The summed E-state index contributed by atoms with van der Waals surface area (Å²) >= 11 is 0. The number of hydrogen-bond donors (Lipinski definition) is 0. The van der Waals surface area contributed by atoms with E-state index in [0.29, 0.717) is 22.8 Å². The molecule has 0 aliphatic rings. The van der Waals surface area contributed by atoms with Crippen molar-refractivity contribution in [1.29, 1.82) is 0 Å². The third-order valence-electron chi connectivity index (χ3n) is 2.10. The van der Waals surface area contributed by atoms with Gasteiger partial charge in [-0.1, -0.05) is 0 Å². The third kappa shape index (κ3) is 2.36. The Morgan fingerprint density at radius 1 is 1.06 bits per heavy atom. The van der Waals surface area contributed by atoms with E-state index in [0.717, 1.165) is 0 Å². The number of methoxy groups -OCH3 is 3. The maximum atomic E-state index is 10.1. The first-order valence-corrected chi connectivity index (χ1v) is 4.55. The van der Waals surface area contributed by atoms with Gasteiger partial charge in [0, 0.05) is 0 Å². The molecular weight excluding hydrogens is 212 g/mol. The minimum absolute atomic E-state index is 0.0209. The molecule has 0 heterocycles. The second kappa shape index (κ2) is 5.85. The smallest absolute Gasteiger partial charge is 0.417 e. The number of rotatable bonds is 6. The molecule has 0 spiro atoms. The van der Waals surface area contributed by atoms with E-state index >= 15 is 0 Å². The van der Waals surface area contributed by atoms with Crippen LogP contribution in [-0.2, 0) is 16.1 Å². The summed E-state index contributed by atoms with van der Waals surface area (Å²) in [6.07, 6.45) is 0. The fourth-order valence-electron chi connectivity index (χ4n) is 1.40. The predicted molar refractivity (Wildman–Crippen MR) is 56.6 cm³/mol. The van der Waals surface area contributed by atoms with Gasteiger partial charge in [-0.05, 0) is 12.1 Å². The Labute approximate surface area is 93.9 Å². The van der Waals surface area contributed by atoms with Crippen molar-refractivity contribution in [3.8, 4) is 17.2 Å². The molecule has 0 unspecified atom stereocenters. The molecule has 0 atom stereocenters. The van der Waals surface area contributed by atoms with Gasteiger partial charge < -0.3 is 18.9 Å². The first kappa shape index (κ1) is 12.2. The van der Waals surface area contributed by atoms with Gasteiger partial charge in [-0.3, -0.25) is 0 Å². The van der Waals surface area contributed by atoms with Crippen LogP contribution in [0.25, 0.3) is 0 Å². The standard InChI is InChI=1S/C11H13O5/c1-13-9-4-5-10(14-2)11(15-3)8(9)6-16-7-12/h4-5H,6H2,1-3H3. The van der Waals surface area contributed by atoms with E-state index in [4.69, 9.17) is 14.2 Å². The van der Waals surface area contributed by atoms with Gasteiger partial charge in [0.2, 0.25) is 0 Å². The quantitative estimate of drug-likeness (QED) is 0.730. The molecule has 1 radical (unpaired) electrons. The second-order valence-electron chi connectivity index (χ2n) is 2.85. The van der Waals surface area contributed by atoms with Gasteiger partial charge >= 0.3 is 6.47 Å². The molecule has 16 heavy (non-hydrogen) atoms. The average Bonchev–Trinajstić information content (AvgIpc) is 2.34. The number of benzene rings is 1. The van der Waals surface area contributed by atoms with Crippen LogP contribution in [0.3, 0.4) is 0 Å². The number of ether oxygens (including phenoxy) is 4. The zero-order valence-electron chi connectivity index (χ0n) is 9.40. The summed E-state index contributed by atoms with van der Waals surface area (Å²) in [5.41, 5.74) is 0.604. The normalized spacial score (nSPS) is 9.44. The lowest BCUT2D eigenvalue weighted by Crippen LogP contribution is -2.01. The molecule has 0 amide bonds. The van der Waals surface area contributed by atoms with Crippen LogP contribution in [0.2, 0.25) is 0 Å². The molecular formula is C11H13O5. The molecule has 5 nitrogen and oxygen atoms in total. The highest BCUT2D eigenvalue weighted by Gasteiger charge is 2.15. The highest BCUT2D eigenvalue weighted by atomic mass is 16.5. The lowest BCUT2D eigenvalue weighted by Gasteiger charge is -2.15. The molecule has 0 aliphatic carbocycles. The van der Waals surface area contributed by atoms with Crippen molar-refractivity contribution < 1.29 is 23.7 Å². The van der Waals surface area contributed by atoms with E-state index in [9.17, 15) is 4.79 Å². The maximum Gasteiger partial charge on any atom is 0.417 e. The zero-order chi connectivity index (χ0) is 12.0. The number of hydrogen-bond acceptors (Lipinski definition) is 5. The van der Waals surface area contributed by atoms with E-state index in [1.54, 1.807) is 12.1 Å². The molecule has 1 rings (SSSR count). The minimum Gasteiger partial charge on any atom is -0.496 e. The van der Waals surface area contributed by atoms with Crippen LogP contribution in [-0.4, -0.2) is 27.8 Å². The van der Waals surface area contributed by atoms with E-state index in [-0.39, 0.29) is 6.61 Å². The van der Waals surface area contributed by atoms with Crippen LogP contribution in [0.5, 0.6) is 17.2 Å². The van der Waals surface area contributed by atoms with Gasteiger partial charge in [0.05, 0.1) is 26.9 Å². The first-order valence-electron chi connectivity index (χ1n) is 4.55. The van der Waals surface area contributed by atoms with E-state index in [2.05, 4.69) is 4.74 Å². The number of carbonyl (C=O) groups excluding carboxylic acids is 1. The fourth-order valence-corrected chi connectivity index (χ4v) is 1.40. The monoisotopic (exact) mass is 225 g/mol. The van der Waals surface area contributed by atoms with Gasteiger partial charge in [-0.15, -0.1) is 0 Å². The topological polar surface area (TPSA) is 54.0 Å². The Kier molecular flexibility index (Phi) is 4.44. The van der Waals surface area contributed by atoms with Crippen LogP contribution in [0.4, 0.5) is 0 Å². The summed E-state index contributed by atoms with van der Waals surface area (Å²) in [4.78, 5) is 10.1. The molecule has 0 fully saturated rings. The second-order valence-corrected chi connectivity index (χ2v) is 2.85. The summed E-state index contributed by atoms with van der Waals surface area (Å²) in [6.45, 7) is 1.38. The molecule has 0 saturated heterocycles. The Hall–Kier alpha value is -1.91. The molecule has 0 aromatic heterocycles. The molecule has 0 aliphatic heterocycles. The Bertz CT molecular complexity index is 362. The lowest BCUT2D eigenvalue weighted by atomic mass is 10.1. The predicted octanol–water partition coefficient (Wildman–Crippen LogP) is 1.30. The summed E-state index contributed by atoms with van der Waals surface area (Å²) < 4.78 is 20.0. The van der Waals surface area contributed by atoms with Crippen LogP contribution < -0.4 is 14.2 Å². The minimum atomic E-state index is 0.0209. The lowest BCUT2D eigenvalue weighted by molar-refractivity contribution is 0.252. The maximum absolute atomic E-state index is 10.1. The highest BCUT2D eigenvalue weighted by Crippen LogP contribution is 2.37. The van der Waals surface area contributed by atoms with Crippen molar-refractivity contribution in [1.82, 2.24) is 0 Å².